The van der Waals surface area contributed by atoms with E-state index in [1.54, 1.807) is 6.08 Å². The quantitative estimate of drug-likeness (QED) is 0.590. The van der Waals surface area contributed by atoms with Crippen LogP contribution in [0.1, 0.15) is 13.3 Å². The minimum Gasteiger partial charge on any atom is -0.453 e. The fraction of sp³-hybridized carbons (Fsp3) is 0.462. The number of alkyl carbamates (subject to hydrolysis) is 1. The van der Waals surface area contributed by atoms with E-state index in [-0.39, 0.29) is 0 Å². The van der Waals surface area contributed by atoms with Gasteiger partial charge in [0.2, 0.25) is 5.78 Å². The second kappa shape index (κ2) is 6.85. The summed E-state index contributed by atoms with van der Waals surface area (Å²) in [6.45, 7) is 1.51. The predicted molar refractivity (Wildman–Crippen MR) is 68.8 cm³/mol. The number of carbonyl (C=O) groups is 3. The van der Waals surface area contributed by atoms with Crippen LogP contribution in [0.3, 0.4) is 0 Å². The van der Waals surface area contributed by atoms with E-state index >= 15 is 0 Å². The SMILES string of the molecule is COC(=O)NCCC1=CC(OC)(OC(C)=O)C(=O)C=C1. The average molecular weight is 283 g/mol. The number of esters is 1. The molecule has 0 aromatic rings. The normalized spacial score (nSPS) is 21.1. The molecule has 1 aliphatic rings. The molecule has 0 saturated heterocycles. The van der Waals surface area contributed by atoms with Crippen molar-refractivity contribution in [1.82, 2.24) is 5.32 Å². The van der Waals surface area contributed by atoms with Crippen LogP contribution in [0.4, 0.5) is 4.79 Å². The number of rotatable bonds is 5. The van der Waals surface area contributed by atoms with Gasteiger partial charge < -0.3 is 19.5 Å². The molecule has 0 aliphatic heterocycles. The van der Waals surface area contributed by atoms with Crippen LogP contribution in [0.25, 0.3) is 0 Å². The molecular formula is C13H17NO6. The molecule has 0 bridgehead atoms. The summed E-state index contributed by atoms with van der Waals surface area (Å²) in [7, 11) is 2.55. The van der Waals surface area contributed by atoms with Crippen molar-refractivity contribution in [2.75, 3.05) is 20.8 Å². The molecule has 0 radical (unpaired) electrons. The van der Waals surface area contributed by atoms with Crippen molar-refractivity contribution >= 4 is 17.8 Å². The molecule has 1 amide bonds. The Hall–Kier alpha value is -2.15. The third-order valence-electron chi connectivity index (χ3n) is 2.63. The number of amides is 1. The molecule has 0 spiro atoms. The lowest BCUT2D eigenvalue weighted by molar-refractivity contribution is -0.199. The lowest BCUT2D eigenvalue weighted by Gasteiger charge is -2.28. The van der Waals surface area contributed by atoms with Crippen LogP contribution in [-0.2, 0) is 23.8 Å². The molecule has 0 saturated carbocycles. The molecule has 20 heavy (non-hydrogen) atoms. The van der Waals surface area contributed by atoms with Crippen LogP contribution in [0.15, 0.2) is 23.8 Å². The first-order valence-electron chi connectivity index (χ1n) is 5.94. The lowest BCUT2D eigenvalue weighted by Crippen LogP contribution is -2.43. The highest BCUT2D eigenvalue weighted by Gasteiger charge is 2.40. The van der Waals surface area contributed by atoms with Gasteiger partial charge in [-0.2, -0.15) is 0 Å². The van der Waals surface area contributed by atoms with E-state index in [9.17, 15) is 14.4 Å². The van der Waals surface area contributed by atoms with E-state index in [4.69, 9.17) is 9.47 Å². The standard InChI is InChI=1S/C13H17NO6/c1-9(15)20-13(19-3)8-10(4-5-11(13)16)6-7-14-12(17)18-2/h4-5,8H,6-7H2,1-3H3,(H,14,17). The van der Waals surface area contributed by atoms with Crippen molar-refractivity contribution in [3.8, 4) is 0 Å². The van der Waals surface area contributed by atoms with Gasteiger partial charge in [-0.05, 0) is 24.1 Å². The van der Waals surface area contributed by atoms with Gasteiger partial charge in [0.05, 0.1) is 7.11 Å². The largest absolute Gasteiger partial charge is 0.453 e. The maximum absolute atomic E-state index is 11.8. The molecule has 1 N–H and O–H groups in total. The van der Waals surface area contributed by atoms with Crippen LogP contribution in [-0.4, -0.2) is 44.4 Å². The molecule has 1 rings (SSSR count). The Bertz CT molecular complexity index is 467. The molecule has 7 nitrogen and oxygen atoms in total. The van der Waals surface area contributed by atoms with Gasteiger partial charge in [0.25, 0.3) is 5.79 Å². The summed E-state index contributed by atoms with van der Waals surface area (Å²) in [5.74, 6) is -2.82. The van der Waals surface area contributed by atoms with Gasteiger partial charge in [0.15, 0.2) is 0 Å². The van der Waals surface area contributed by atoms with Gasteiger partial charge in [-0.1, -0.05) is 6.08 Å². The highest BCUT2D eigenvalue weighted by atomic mass is 16.7. The maximum atomic E-state index is 11.8. The first kappa shape index (κ1) is 15.9. The van der Waals surface area contributed by atoms with Crippen molar-refractivity contribution in [2.45, 2.75) is 19.1 Å². The summed E-state index contributed by atoms with van der Waals surface area (Å²) >= 11 is 0. The molecule has 1 aliphatic carbocycles. The van der Waals surface area contributed by atoms with E-state index in [2.05, 4.69) is 10.1 Å². The predicted octanol–water partition coefficient (Wildman–Crippen LogP) is 0.704. The van der Waals surface area contributed by atoms with Gasteiger partial charge in [0, 0.05) is 20.6 Å². The minimum atomic E-state index is -1.72. The second-order valence-corrected chi connectivity index (χ2v) is 4.05. The van der Waals surface area contributed by atoms with Crippen LogP contribution in [0, 0.1) is 0 Å². The summed E-state index contributed by atoms with van der Waals surface area (Å²) < 4.78 is 14.5. The first-order chi connectivity index (χ1) is 9.43. The summed E-state index contributed by atoms with van der Waals surface area (Å²) in [6.07, 6.45) is 4.18. The zero-order valence-corrected chi connectivity index (χ0v) is 11.6. The Labute approximate surface area is 116 Å². The van der Waals surface area contributed by atoms with E-state index in [1.807, 2.05) is 0 Å². The topological polar surface area (TPSA) is 90.9 Å². The molecule has 0 fully saturated rings. The smallest absolute Gasteiger partial charge is 0.406 e. The Morgan fingerprint density at radius 1 is 1.30 bits per heavy atom. The number of methoxy groups -OCH3 is 2. The van der Waals surface area contributed by atoms with E-state index in [0.29, 0.717) is 18.5 Å². The Morgan fingerprint density at radius 2 is 2.00 bits per heavy atom. The summed E-state index contributed by atoms with van der Waals surface area (Å²) in [5, 5.41) is 2.51. The third kappa shape index (κ3) is 3.92. The lowest BCUT2D eigenvalue weighted by atomic mass is 9.98. The van der Waals surface area contributed by atoms with Crippen LogP contribution < -0.4 is 5.32 Å². The Morgan fingerprint density at radius 3 is 2.55 bits per heavy atom. The van der Waals surface area contributed by atoms with Crippen molar-refractivity contribution in [3.63, 3.8) is 0 Å². The van der Waals surface area contributed by atoms with Gasteiger partial charge in [-0.25, -0.2) is 4.79 Å². The van der Waals surface area contributed by atoms with Gasteiger partial charge in [-0.3, -0.25) is 9.59 Å². The van der Waals surface area contributed by atoms with E-state index in [1.165, 1.54) is 33.3 Å². The van der Waals surface area contributed by atoms with Crippen LogP contribution >= 0.6 is 0 Å². The van der Waals surface area contributed by atoms with Gasteiger partial charge >= 0.3 is 12.1 Å². The number of nitrogens with one attached hydrogen (secondary N) is 1. The van der Waals surface area contributed by atoms with Gasteiger partial charge in [0.1, 0.15) is 0 Å². The highest BCUT2D eigenvalue weighted by molar-refractivity contribution is 6.00. The summed E-state index contributed by atoms with van der Waals surface area (Å²) in [5.41, 5.74) is 0.698. The summed E-state index contributed by atoms with van der Waals surface area (Å²) in [6, 6.07) is 0. The highest BCUT2D eigenvalue weighted by Crippen LogP contribution is 2.25. The number of allylic oxidation sites excluding steroid dienone is 1. The molecule has 0 aromatic carbocycles. The minimum absolute atomic E-state index is 0.316. The molecule has 7 heteroatoms. The monoisotopic (exact) mass is 283 g/mol. The average Bonchev–Trinajstić information content (AvgIpc) is 2.41. The van der Waals surface area contributed by atoms with Crippen molar-refractivity contribution in [1.29, 1.82) is 0 Å². The summed E-state index contributed by atoms with van der Waals surface area (Å²) in [4.78, 5) is 33.8. The molecule has 110 valence electrons. The first-order valence-corrected chi connectivity index (χ1v) is 5.94. The molecular weight excluding hydrogens is 266 g/mol. The van der Waals surface area contributed by atoms with Crippen LogP contribution in [0.2, 0.25) is 0 Å². The maximum Gasteiger partial charge on any atom is 0.406 e. The fourth-order valence-corrected chi connectivity index (χ4v) is 1.69. The second-order valence-electron chi connectivity index (χ2n) is 4.05. The van der Waals surface area contributed by atoms with Gasteiger partial charge in [-0.15, -0.1) is 0 Å². The van der Waals surface area contributed by atoms with Crippen molar-refractivity contribution in [3.05, 3.63) is 23.8 Å². The Balaban J connectivity index is 2.76. The number of ketones is 1. The van der Waals surface area contributed by atoms with Crippen LogP contribution in [0.5, 0.6) is 0 Å². The molecule has 0 heterocycles. The van der Waals surface area contributed by atoms with E-state index in [0.717, 1.165) is 0 Å². The van der Waals surface area contributed by atoms with Crippen molar-refractivity contribution < 1.29 is 28.6 Å². The zero-order valence-electron chi connectivity index (χ0n) is 11.6. The third-order valence-corrected chi connectivity index (χ3v) is 2.63. The molecule has 1 atom stereocenters. The number of hydrogen-bond donors (Lipinski definition) is 1. The number of carbonyl (C=O) groups excluding carboxylic acids is 3. The fourth-order valence-electron chi connectivity index (χ4n) is 1.69. The van der Waals surface area contributed by atoms with E-state index < -0.39 is 23.6 Å². The van der Waals surface area contributed by atoms with Crippen molar-refractivity contribution in [2.24, 2.45) is 0 Å². The molecule has 0 aromatic heterocycles. The number of hydrogen-bond acceptors (Lipinski definition) is 6. The molecule has 1 unspecified atom stereocenters. The number of ether oxygens (including phenoxy) is 3. The Kier molecular flexibility index (Phi) is 5.45. The zero-order chi connectivity index (χ0) is 15.2.